The zero-order chi connectivity index (χ0) is 9.80. The molecule has 0 bridgehead atoms. The second-order valence-electron chi connectivity index (χ2n) is 3.03. The van der Waals surface area contributed by atoms with E-state index in [2.05, 4.69) is 8.75 Å². The summed E-state index contributed by atoms with van der Waals surface area (Å²) >= 11 is 1.17. The van der Waals surface area contributed by atoms with Gasteiger partial charge in [0.2, 0.25) is 0 Å². The number of aromatic nitrogens is 2. The monoisotopic (exact) mass is 206 g/mol. The Balaban J connectivity index is 2.07. The molecule has 0 aliphatic heterocycles. The highest BCUT2D eigenvalue weighted by Gasteiger charge is 2.09. The Morgan fingerprint density at radius 3 is 2.71 bits per heavy atom. The van der Waals surface area contributed by atoms with Gasteiger partial charge in [-0.3, -0.25) is 0 Å². The van der Waals surface area contributed by atoms with Crippen molar-refractivity contribution in [3.63, 3.8) is 0 Å². The van der Waals surface area contributed by atoms with Gasteiger partial charge in [-0.15, -0.1) is 0 Å². The highest BCUT2D eigenvalue weighted by Crippen LogP contribution is 2.16. The van der Waals surface area contributed by atoms with Gasteiger partial charge in [-0.05, 0) is 5.56 Å². The van der Waals surface area contributed by atoms with Gasteiger partial charge in [-0.25, -0.2) is 0 Å². The molecule has 1 N–H and O–H groups in total. The predicted molar refractivity (Wildman–Crippen MR) is 55.0 cm³/mol. The number of rotatable bonds is 3. The van der Waals surface area contributed by atoms with E-state index >= 15 is 0 Å². The van der Waals surface area contributed by atoms with Crippen molar-refractivity contribution in [2.75, 3.05) is 0 Å². The van der Waals surface area contributed by atoms with Crippen LogP contribution in [-0.2, 0) is 6.42 Å². The van der Waals surface area contributed by atoms with Crippen LogP contribution < -0.4 is 0 Å². The number of aliphatic hydroxyl groups is 1. The van der Waals surface area contributed by atoms with Gasteiger partial charge in [0.1, 0.15) is 0 Å². The molecule has 2 aromatic rings. The lowest BCUT2D eigenvalue weighted by Gasteiger charge is -2.07. The Morgan fingerprint density at radius 1 is 1.29 bits per heavy atom. The van der Waals surface area contributed by atoms with Crippen LogP contribution >= 0.6 is 11.7 Å². The molecule has 0 aliphatic carbocycles. The van der Waals surface area contributed by atoms with Crippen LogP contribution in [0.25, 0.3) is 0 Å². The highest BCUT2D eigenvalue weighted by atomic mass is 32.1. The van der Waals surface area contributed by atoms with Crippen LogP contribution in [0.15, 0.2) is 36.5 Å². The molecule has 14 heavy (non-hydrogen) atoms. The third-order valence-corrected chi connectivity index (χ3v) is 2.51. The first-order valence-electron chi connectivity index (χ1n) is 4.35. The summed E-state index contributed by atoms with van der Waals surface area (Å²) < 4.78 is 7.94. The van der Waals surface area contributed by atoms with Crippen LogP contribution in [-0.4, -0.2) is 13.9 Å². The average Bonchev–Trinajstić information content (AvgIpc) is 2.72. The molecular formula is C10H10N2OS. The van der Waals surface area contributed by atoms with Gasteiger partial charge in [0, 0.05) is 6.42 Å². The topological polar surface area (TPSA) is 46.0 Å². The van der Waals surface area contributed by atoms with Gasteiger partial charge in [0.05, 0.1) is 29.7 Å². The van der Waals surface area contributed by atoms with E-state index in [4.69, 9.17) is 0 Å². The van der Waals surface area contributed by atoms with Crippen LogP contribution in [0.3, 0.4) is 0 Å². The molecule has 1 atom stereocenters. The van der Waals surface area contributed by atoms with Crippen LogP contribution in [0.4, 0.5) is 0 Å². The molecule has 0 aliphatic rings. The second kappa shape index (κ2) is 4.30. The van der Waals surface area contributed by atoms with Crippen LogP contribution in [0, 0.1) is 0 Å². The van der Waals surface area contributed by atoms with E-state index in [1.807, 2.05) is 30.3 Å². The molecule has 0 saturated heterocycles. The predicted octanol–water partition coefficient (Wildman–Crippen LogP) is 1.81. The van der Waals surface area contributed by atoms with Crippen molar-refractivity contribution in [3.8, 4) is 0 Å². The van der Waals surface area contributed by atoms with Crippen molar-refractivity contribution in [2.45, 2.75) is 12.5 Å². The van der Waals surface area contributed by atoms with Crippen molar-refractivity contribution in [2.24, 2.45) is 0 Å². The number of hydrogen-bond acceptors (Lipinski definition) is 4. The average molecular weight is 206 g/mol. The maximum Gasteiger partial charge on any atom is 0.0846 e. The minimum absolute atomic E-state index is 0.486. The molecule has 72 valence electrons. The standard InChI is InChI=1S/C10H10N2OS/c13-10(6-9-7-11-14-12-9)8-4-2-1-3-5-8/h1-5,7,10,13H,6H2. The quantitative estimate of drug-likeness (QED) is 0.833. The van der Waals surface area contributed by atoms with Crippen molar-refractivity contribution >= 4 is 11.7 Å². The Hall–Kier alpha value is -1.26. The second-order valence-corrected chi connectivity index (χ2v) is 3.59. The fourth-order valence-corrected chi connectivity index (χ4v) is 1.71. The number of nitrogens with zero attached hydrogens (tertiary/aromatic N) is 2. The fourth-order valence-electron chi connectivity index (χ4n) is 1.27. The SMILES string of the molecule is OC(Cc1cnsn1)c1ccccc1. The molecule has 1 aromatic heterocycles. The lowest BCUT2D eigenvalue weighted by Crippen LogP contribution is -2.01. The number of aliphatic hydroxyl groups excluding tert-OH is 1. The molecule has 0 spiro atoms. The van der Waals surface area contributed by atoms with Gasteiger partial charge in [-0.2, -0.15) is 8.75 Å². The molecule has 1 unspecified atom stereocenters. The van der Waals surface area contributed by atoms with Crippen molar-refractivity contribution in [1.82, 2.24) is 8.75 Å². The zero-order valence-corrected chi connectivity index (χ0v) is 8.31. The third-order valence-electron chi connectivity index (χ3n) is 1.99. The Labute approximate surface area is 86.4 Å². The normalized spacial score (nSPS) is 12.6. The van der Waals surface area contributed by atoms with E-state index < -0.39 is 6.10 Å². The van der Waals surface area contributed by atoms with Gasteiger partial charge in [0.15, 0.2) is 0 Å². The van der Waals surface area contributed by atoms with Crippen molar-refractivity contribution in [3.05, 3.63) is 47.8 Å². The molecule has 0 amide bonds. The summed E-state index contributed by atoms with van der Waals surface area (Å²) in [5.74, 6) is 0. The summed E-state index contributed by atoms with van der Waals surface area (Å²) in [6.07, 6.45) is 1.73. The summed E-state index contributed by atoms with van der Waals surface area (Å²) in [6, 6.07) is 9.57. The Kier molecular flexibility index (Phi) is 2.86. The Morgan fingerprint density at radius 2 is 2.07 bits per heavy atom. The first kappa shape index (κ1) is 9.30. The molecule has 1 aromatic carbocycles. The first-order chi connectivity index (χ1) is 6.86. The van der Waals surface area contributed by atoms with Crippen molar-refractivity contribution in [1.29, 1.82) is 0 Å². The van der Waals surface area contributed by atoms with E-state index in [1.165, 1.54) is 11.7 Å². The van der Waals surface area contributed by atoms with E-state index in [1.54, 1.807) is 6.20 Å². The van der Waals surface area contributed by atoms with Gasteiger partial charge < -0.3 is 5.11 Å². The lowest BCUT2D eigenvalue weighted by molar-refractivity contribution is 0.177. The first-order valence-corrected chi connectivity index (χ1v) is 5.09. The smallest absolute Gasteiger partial charge is 0.0846 e. The summed E-state index contributed by atoms with van der Waals surface area (Å²) in [5, 5.41) is 9.83. The van der Waals surface area contributed by atoms with Crippen LogP contribution in [0.1, 0.15) is 17.4 Å². The van der Waals surface area contributed by atoms with Gasteiger partial charge >= 0.3 is 0 Å². The summed E-state index contributed by atoms with van der Waals surface area (Å²) in [7, 11) is 0. The molecule has 4 heteroatoms. The molecule has 0 saturated carbocycles. The molecule has 0 radical (unpaired) electrons. The maximum absolute atomic E-state index is 9.83. The highest BCUT2D eigenvalue weighted by molar-refractivity contribution is 6.99. The van der Waals surface area contributed by atoms with Crippen molar-refractivity contribution < 1.29 is 5.11 Å². The molecular weight excluding hydrogens is 196 g/mol. The van der Waals surface area contributed by atoms with Gasteiger partial charge in [-0.1, -0.05) is 30.3 Å². The van der Waals surface area contributed by atoms with E-state index in [-0.39, 0.29) is 0 Å². The summed E-state index contributed by atoms with van der Waals surface area (Å²) in [6.45, 7) is 0. The van der Waals surface area contributed by atoms with Crippen LogP contribution in [0.5, 0.6) is 0 Å². The summed E-state index contributed by atoms with van der Waals surface area (Å²) in [5.41, 5.74) is 1.76. The van der Waals surface area contributed by atoms with E-state index in [9.17, 15) is 5.11 Å². The number of hydrogen-bond donors (Lipinski definition) is 1. The van der Waals surface area contributed by atoms with Gasteiger partial charge in [0.25, 0.3) is 0 Å². The largest absolute Gasteiger partial charge is 0.388 e. The molecule has 2 rings (SSSR count). The minimum atomic E-state index is -0.486. The van der Waals surface area contributed by atoms with E-state index in [0.29, 0.717) is 6.42 Å². The Bertz CT molecular complexity index is 374. The summed E-state index contributed by atoms with van der Waals surface area (Å²) in [4.78, 5) is 0. The van der Waals surface area contributed by atoms with Crippen LogP contribution in [0.2, 0.25) is 0 Å². The van der Waals surface area contributed by atoms with E-state index in [0.717, 1.165) is 11.3 Å². The zero-order valence-electron chi connectivity index (χ0n) is 7.50. The number of benzene rings is 1. The fraction of sp³-hybridized carbons (Fsp3) is 0.200. The molecule has 1 heterocycles. The lowest BCUT2D eigenvalue weighted by atomic mass is 10.1. The molecule has 3 nitrogen and oxygen atoms in total. The molecule has 0 fully saturated rings. The minimum Gasteiger partial charge on any atom is -0.388 e. The third kappa shape index (κ3) is 2.16. The maximum atomic E-state index is 9.83.